The van der Waals surface area contributed by atoms with Gasteiger partial charge >= 0.3 is 11.9 Å². The molecule has 2 aromatic rings. The number of oxime groups is 1. The van der Waals surface area contributed by atoms with Gasteiger partial charge in [-0.1, -0.05) is 17.3 Å². The van der Waals surface area contributed by atoms with Gasteiger partial charge in [0.15, 0.2) is 5.84 Å². The molecule has 0 aliphatic rings. The van der Waals surface area contributed by atoms with Crippen molar-refractivity contribution in [3.63, 3.8) is 0 Å². The zero-order valence-electron chi connectivity index (χ0n) is 12.2. The Morgan fingerprint density at radius 1 is 1.00 bits per heavy atom. The first-order valence-electron chi connectivity index (χ1n) is 6.50. The molecule has 0 bridgehead atoms. The average Bonchev–Trinajstić information content (AvgIpc) is 2.59. The molecule has 2 N–H and O–H groups in total. The number of benzene rings is 2. The number of carbonyl (C=O) groups is 2. The molecule has 0 aromatic heterocycles. The van der Waals surface area contributed by atoms with Gasteiger partial charge in [0.2, 0.25) is 0 Å². The highest BCUT2D eigenvalue weighted by atomic mass is 19.1. The summed E-state index contributed by atoms with van der Waals surface area (Å²) in [5.41, 5.74) is 6.52. The number of nitrogens with two attached hydrogens (primary N) is 1. The Hall–Kier alpha value is -3.22. The Labute approximate surface area is 131 Å². The molecule has 0 atom stereocenters. The van der Waals surface area contributed by atoms with Crippen LogP contribution in [0.4, 0.5) is 4.39 Å². The predicted octanol–water partition coefficient (Wildman–Crippen LogP) is 2.09. The van der Waals surface area contributed by atoms with Crippen LogP contribution in [0.25, 0.3) is 0 Å². The van der Waals surface area contributed by atoms with E-state index in [0.717, 1.165) is 12.1 Å². The summed E-state index contributed by atoms with van der Waals surface area (Å²) in [7, 11) is 1.26. The van der Waals surface area contributed by atoms with Crippen LogP contribution in [0.3, 0.4) is 0 Å². The number of methoxy groups -OCH3 is 1. The Morgan fingerprint density at radius 3 is 2.30 bits per heavy atom. The van der Waals surface area contributed by atoms with E-state index in [4.69, 9.17) is 10.6 Å². The third kappa shape index (κ3) is 4.13. The Balaban J connectivity index is 2.12. The summed E-state index contributed by atoms with van der Waals surface area (Å²) in [4.78, 5) is 27.9. The molecule has 0 unspecified atom stereocenters. The monoisotopic (exact) mass is 316 g/mol. The van der Waals surface area contributed by atoms with E-state index < -0.39 is 17.8 Å². The van der Waals surface area contributed by atoms with Gasteiger partial charge in [-0.2, -0.15) is 0 Å². The topological polar surface area (TPSA) is 91.0 Å². The molecule has 0 aliphatic carbocycles. The van der Waals surface area contributed by atoms with E-state index >= 15 is 0 Å². The number of carbonyl (C=O) groups excluding carboxylic acids is 2. The predicted molar refractivity (Wildman–Crippen MR) is 80.3 cm³/mol. The molecule has 0 saturated carbocycles. The molecule has 2 aromatic carbocycles. The average molecular weight is 316 g/mol. The summed E-state index contributed by atoms with van der Waals surface area (Å²) in [6.45, 7) is 0. The molecule has 0 amide bonds. The number of rotatable bonds is 4. The number of hydrogen-bond donors (Lipinski definition) is 1. The maximum Gasteiger partial charge on any atom is 0.365 e. The molecule has 6 nitrogen and oxygen atoms in total. The smallest absolute Gasteiger partial charge is 0.365 e. The fraction of sp³-hybridized carbons (Fsp3) is 0.0625. The van der Waals surface area contributed by atoms with E-state index in [9.17, 15) is 14.0 Å². The van der Waals surface area contributed by atoms with Crippen molar-refractivity contribution in [3.8, 4) is 0 Å². The van der Waals surface area contributed by atoms with Gasteiger partial charge in [0.05, 0.1) is 18.2 Å². The van der Waals surface area contributed by atoms with E-state index in [2.05, 4.69) is 9.89 Å². The largest absolute Gasteiger partial charge is 0.465 e. The number of nitrogens with zero attached hydrogens (tertiary/aromatic N) is 1. The van der Waals surface area contributed by atoms with Gasteiger partial charge in [-0.25, -0.2) is 14.0 Å². The standard InChI is InChI=1S/C16H13FN2O4/c1-22-15(20)12-4-2-3-11(9-12)14(18)19-23-16(21)10-5-7-13(17)8-6-10/h2-9H,1H3,(H2,18,19). The lowest BCUT2D eigenvalue weighted by atomic mass is 10.1. The first-order chi connectivity index (χ1) is 11.0. The number of ether oxygens (including phenoxy) is 1. The summed E-state index contributed by atoms with van der Waals surface area (Å²) >= 11 is 0. The van der Waals surface area contributed by atoms with E-state index in [1.54, 1.807) is 18.2 Å². The summed E-state index contributed by atoms with van der Waals surface area (Å²) in [5.74, 6) is -1.87. The number of hydrogen-bond acceptors (Lipinski definition) is 5. The van der Waals surface area contributed by atoms with Crippen LogP contribution in [0.15, 0.2) is 53.7 Å². The third-order valence-electron chi connectivity index (χ3n) is 2.89. The molecular formula is C16H13FN2O4. The van der Waals surface area contributed by atoms with Crippen LogP contribution >= 0.6 is 0 Å². The zero-order chi connectivity index (χ0) is 16.8. The Bertz CT molecular complexity index is 757. The van der Waals surface area contributed by atoms with E-state index in [0.29, 0.717) is 5.56 Å². The second-order valence-corrected chi connectivity index (χ2v) is 4.43. The minimum Gasteiger partial charge on any atom is -0.465 e. The lowest BCUT2D eigenvalue weighted by Crippen LogP contribution is -2.16. The van der Waals surface area contributed by atoms with Crippen molar-refractivity contribution in [2.75, 3.05) is 7.11 Å². The molecule has 0 spiro atoms. The highest BCUT2D eigenvalue weighted by Gasteiger charge is 2.10. The minimum atomic E-state index is -0.780. The van der Waals surface area contributed by atoms with Crippen LogP contribution in [0.5, 0.6) is 0 Å². The Kier molecular flexibility index (Phi) is 5.03. The normalized spacial score (nSPS) is 11.0. The molecule has 0 saturated heterocycles. The van der Waals surface area contributed by atoms with Crippen LogP contribution in [0, 0.1) is 5.82 Å². The van der Waals surface area contributed by atoms with Gasteiger partial charge in [0.25, 0.3) is 0 Å². The summed E-state index contributed by atoms with van der Waals surface area (Å²) in [6, 6.07) is 11.0. The highest BCUT2D eigenvalue weighted by Crippen LogP contribution is 2.08. The first kappa shape index (κ1) is 16.2. The molecule has 118 valence electrons. The van der Waals surface area contributed by atoms with Gasteiger partial charge < -0.3 is 15.3 Å². The second-order valence-electron chi connectivity index (χ2n) is 4.43. The van der Waals surface area contributed by atoms with Crippen molar-refractivity contribution in [2.24, 2.45) is 10.9 Å². The van der Waals surface area contributed by atoms with E-state index in [-0.39, 0.29) is 17.0 Å². The molecule has 0 radical (unpaired) electrons. The zero-order valence-corrected chi connectivity index (χ0v) is 12.2. The summed E-state index contributed by atoms with van der Waals surface area (Å²) in [6.07, 6.45) is 0. The molecule has 23 heavy (non-hydrogen) atoms. The van der Waals surface area contributed by atoms with E-state index in [1.165, 1.54) is 25.3 Å². The summed E-state index contributed by atoms with van der Waals surface area (Å²) < 4.78 is 17.4. The van der Waals surface area contributed by atoms with Crippen molar-refractivity contribution in [3.05, 3.63) is 71.0 Å². The van der Waals surface area contributed by atoms with Gasteiger partial charge in [-0.3, -0.25) is 0 Å². The van der Waals surface area contributed by atoms with Crippen LogP contribution < -0.4 is 5.73 Å². The van der Waals surface area contributed by atoms with Gasteiger partial charge in [-0.15, -0.1) is 0 Å². The third-order valence-corrected chi connectivity index (χ3v) is 2.89. The number of amidine groups is 1. The number of esters is 1. The SMILES string of the molecule is COC(=O)c1cccc(/C(N)=N/OC(=O)c2ccc(F)cc2)c1. The van der Waals surface area contributed by atoms with Gasteiger partial charge in [-0.05, 0) is 36.4 Å². The highest BCUT2D eigenvalue weighted by molar-refractivity contribution is 6.00. The quantitative estimate of drug-likeness (QED) is 0.307. The lowest BCUT2D eigenvalue weighted by Gasteiger charge is -2.04. The van der Waals surface area contributed by atoms with Crippen LogP contribution in [0.1, 0.15) is 26.3 Å². The second kappa shape index (κ2) is 7.17. The maximum atomic E-state index is 12.8. The Morgan fingerprint density at radius 2 is 1.65 bits per heavy atom. The summed E-state index contributed by atoms with van der Waals surface area (Å²) in [5, 5.41) is 3.52. The van der Waals surface area contributed by atoms with Crippen LogP contribution in [-0.2, 0) is 9.57 Å². The maximum absolute atomic E-state index is 12.8. The molecule has 7 heteroatoms. The first-order valence-corrected chi connectivity index (χ1v) is 6.50. The number of halogens is 1. The molecular weight excluding hydrogens is 303 g/mol. The van der Waals surface area contributed by atoms with Crippen molar-refractivity contribution < 1.29 is 23.6 Å². The lowest BCUT2D eigenvalue weighted by molar-refractivity contribution is 0.0515. The fourth-order valence-electron chi connectivity index (χ4n) is 1.71. The molecule has 0 aliphatic heterocycles. The molecule has 0 heterocycles. The molecule has 2 rings (SSSR count). The minimum absolute atomic E-state index is 0.0915. The van der Waals surface area contributed by atoms with E-state index in [1.807, 2.05) is 0 Å². The van der Waals surface area contributed by atoms with Crippen molar-refractivity contribution in [2.45, 2.75) is 0 Å². The van der Waals surface area contributed by atoms with Crippen LogP contribution in [-0.4, -0.2) is 24.9 Å². The van der Waals surface area contributed by atoms with Crippen molar-refractivity contribution in [1.82, 2.24) is 0 Å². The van der Waals surface area contributed by atoms with Gasteiger partial charge in [0, 0.05) is 5.56 Å². The fourth-order valence-corrected chi connectivity index (χ4v) is 1.71. The van der Waals surface area contributed by atoms with Crippen LogP contribution in [0.2, 0.25) is 0 Å². The molecule has 0 fully saturated rings. The van der Waals surface area contributed by atoms with Crippen molar-refractivity contribution >= 4 is 17.8 Å². The van der Waals surface area contributed by atoms with Gasteiger partial charge in [0.1, 0.15) is 5.82 Å². The van der Waals surface area contributed by atoms with Crippen molar-refractivity contribution in [1.29, 1.82) is 0 Å².